The molecule has 1 aromatic carbocycles. The minimum Gasteiger partial charge on any atom is -0.353 e. The SMILES string of the molecule is O=C(NC1CCCC1)C1CCCN(S(=O)(=O)c2ccccc2)C1. The second-order valence-corrected chi connectivity index (χ2v) is 8.44. The van der Waals surface area contributed by atoms with Crippen molar-refractivity contribution < 1.29 is 13.2 Å². The average Bonchev–Trinajstić information content (AvgIpc) is 3.09. The summed E-state index contributed by atoms with van der Waals surface area (Å²) in [6.45, 7) is 0.778. The van der Waals surface area contributed by atoms with Crippen LogP contribution in [0, 0.1) is 5.92 Å². The normalized spacial score (nSPS) is 23.7. The maximum Gasteiger partial charge on any atom is 0.243 e. The van der Waals surface area contributed by atoms with Gasteiger partial charge in [0.15, 0.2) is 0 Å². The van der Waals surface area contributed by atoms with Crippen LogP contribution in [0.25, 0.3) is 0 Å². The first-order chi connectivity index (χ1) is 11.1. The van der Waals surface area contributed by atoms with Crippen LogP contribution in [0.2, 0.25) is 0 Å². The Morgan fingerprint density at radius 2 is 1.74 bits per heavy atom. The number of hydrogen-bond acceptors (Lipinski definition) is 3. The molecule has 6 heteroatoms. The number of rotatable bonds is 4. The highest BCUT2D eigenvalue weighted by Gasteiger charge is 2.34. The molecule has 1 saturated carbocycles. The summed E-state index contributed by atoms with van der Waals surface area (Å²) in [4.78, 5) is 12.7. The molecule has 23 heavy (non-hydrogen) atoms. The van der Waals surface area contributed by atoms with Gasteiger partial charge in [0.2, 0.25) is 15.9 Å². The van der Waals surface area contributed by atoms with E-state index in [0.29, 0.717) is 11.4 Å². The average molecular weight is 336 g/mol. The van der Waals surface area contributed by atoms with Crippen LogP contribution in [0.15, 0.2) is 35.2 Å². The van der Waals surface area contributed by atoms with E-state index in [1.807, 2.05) is 0 Å². The summed E-state index contributed by atoms with van der Waals surface area (Å²) in [5.41, 5.74) is 0. The Labute approximate surface area is 138 Å². The summed E-state index contributed by atoms with van der Waals surface area (Å²) in [7, 11) is -3.50. The fourth-order valence-electron chi connectivity index (χ4n) is 3.51. The molecule has 126 valence electrons. The Kier molecular flexibility index (Phi) is 5.02. The summed E-state index contributed by atoms with van der Waals surface area (Å²) in [5, 5.41) is 3.10. The van der Waals surface area contributed by atoms with Gasteiger partial charge in [-0.25, -0.2) is 8.42 Å². The van der Waals surface area contributed by atoms with Crippen LogP contribution < -0.4 is 5.32 Å². The molecule has 0 spiro atoms. The molecule has 0 radical (unpaired) electrons. The van der Waals surface area contributed by atoms with Crippen LogP contribution in [-0.2, 0) is 14.8 Å². The zero-order chi connectivity index (χ0) is 16.3. The Balaban J connectivity index is 1.67. The molecule has 1 aliphatic carbocycles. The second-order valence-electron chi connectivity index (χ2n) is 6.51. The summed E-state index contributed by atoms with van der Waals surface area (Å²) in [6.07, 6.45) is 5.93. The van der Waals surface area contributed by atoms with E-state index in [1.54, 1.807) is 30.3 Å². The third-order valence-corrected chi connectivity index (χ3v) is 6.72. The van der Waals surface area contributed by atoms with Crippen molar-refractivity contribution >= 4 is 15.9 Å². The van der Waals surface area contributed by atoms with E-state index in [9.17, 15) is 13.2 Å². The highest BCUT2D eigenvalue weighted by molar-refractivity contribution is 7.89. The molecule has 1 heterocycles. The van der Waals surface area contributed by atoms with Gasteiger partial charge in [-0.1, -0.05) is 31.0 Å². The van der Waals surface area contributed by atoms with Crippen LogP contribution in [0.3, 0.4) is 0 Å². The lowest BCUT2D eigenvalue weighted by Gasteiger charge is -2.31. The Hall–Kier alpha value is -1.40. The predicted molar refractivity (Wildman–Crippen MR) is 88.3 cm³/mol. The zero-order valence-electron chi connectivity index (χ0n) is 13.3. The van der Waals surface area contributed by atoms with Crippen molar-refractivity contribution in [3.63, 3.8) is 0 Å². The second kappa shape index (κ2) is 7.01. The topological polar surface area (TPSA) is 66.5 Å². The fraction of sp³-hybridized carbons (Fsp3) is 0.588. The molecule has 1 atom stereocenters. The van der Waals surface area contributed by atoms with Crippen molar-refractivity contribution in [1.29, 1.82) is 0 Å². The molecular formula is C17H24N2O3S. The number of nitrogens with zero attached hydrogens (tertiary/aromatic N) is 1. The molecule has 1 amide bonds. The quantitative estimate of drug-likeness (QED) is 0.916. The number of carbonyl (C=O) groups is 1. The van der Waals surface area contributed by atoms with E-state index >= 15 is 0 Å². The molecule has 3 rings (SSSR count). The van der Waals surface area contributed by atoms with E-state index in [4.69, 9.17) is 0 Å². The van der Waals surface area contributed by atoms with Crippen LogP contribution >= 0.6 is 0 Å². The van der Waals surface area contributed by atoms with E-state index in [2.05, 4.69) is 5.32 Å². The van der Waals surface area contributed by atoms with Crippen molar-refractivity contribution in [2.24, 2.45) is 5.92 Å². The molecule has 5 nitrogen and oxygen atoms in total. The summed E-state index contributed by atoms with van der Waals surface area (Å²) in [6, 6.07) is 8.74. The lowest BCUT2D eigenvalue weighted by Crippen LogP contribution is -2.47. The van der Waals surface area contributed by atoms with Crippen LogP contribution in [-0.4, -0.2) is 37.8 Å². The molecule has 0 bridgehead atoms. The van der Waals surface area contributed by atoms with Crippen molar-refractivity contribution in [2.75, 3.05) is 13.1 Å². The first-order valence-corrected chi connectivity index (χ1v) is 9.87. The van der Waals surface area contributed by atoms with Gasteiger partial charge in [-0.2, -0.15) is 4.31 Å². The number of nitrogens with one attached hydrogen (secondary N) is 1. The smallest absolute Gasteiger partial charge is 0.243 e. The van der Waals surface area contributed by atoms with Gasteiger partial charge in [-0.3, -0.25) is 4.79 Å². The first-order valence-electron chi connectivity index (χ1n) is 8.43. The fourth-order valence-corrected chi connectivity index (χ4v) is 5.05. The van der Waals surface area contributed by atoms with Crippen molar-refractivity contribution in [3.05, 3.63) is 30.3 Å². The molecule has 2 fully saturated rings. The van der Waals surface area contributed by atoms with Gasteiger partial charge in [0, 0.05) is 19.1 Å². The van der Waals surface area contributed by atoms with Gasteiger partial charge in [0.1, 0.15) is 0 Å². The van der Waals surface area contributed by atoms with Gasteiger partial charge < -0.3 is 5.32 Å². The number of hydrogen-bond donors (Lipinski definition) is 1. The van der Waals surface area contributed by atoms with Crippen molar-refractivity contribution in [1.82, 2.24) is 9.62 Å². The summed E-state index contributed by atoms with van der Waals surface area (Å²) < 4.78 is 26.9. The Morgan fingerprint density at radius 1 is 1.04 bits per heavy atom. The Bertz CT molecular complexity index is 639. The molecule has 1 aliphatic heterocycles. The lowest BCUT2D eigenvalue weighted by atomic mass is 9.98. The van der Waals surface area contributed by atoms with Crippen LogP contribution in [0.1, 0.15) is 38.5 Å². The van der Waals surface area contributed by atoms with E-state index in [0.717, 1.165) is 25.7 Å². The van der Waals surface area contributed by atoms with E-state index < -0.39 is 10.0 Å². The molecule has 1 N–H and O–H groups in total. The third-order valence-electron chi connectivity index (χ3n) is 4.84. The number of carbonyl (C=O) groups excluding carboxylic acids is 1. The lowest BCUT2D eigenvalue weighted by molar-refractivity contribution is -0.126. The van der Waals surface area contributed by atoms with E-state index in [1.165, 1.54) is 17.1 Å². The van der Waals surface area contributed by atoms with Crippen LogP contribution in [0.4, 0.5) is 0 Å². The molecule has 2 aliphatic rings. The Morgan fingerprint density at radius 3 is 2.43 bits per heavy atom. The monoisotopic (exact) mass is 336 g/mol. The first kappa shape index (κ1) is 16.5. The maximum atomic E-state index is 12.7. The van der Waals surface area contributed by atoms with Gasteiger partial charge in [0.05, 0.1) is 10.8 Å². The summed E-state index contributed by atoms with van der Waals surface area (Å²) in [5.74, 6) is -0.215. The van der Waals surface area contributed by atoms with Gasteiger partial charge in [0.25, 0.3) is 0 Å². The van der Waals surface area contributed by atoms with Gasteiger partial charge >= 0.3 is 0 Å². The van der Waals surface area contributed by atoms with Gasteiger partial charge in [-0.05, 0) is 37.8 Å². The summed E-state index contributed by atoms with van der Waals surface area (Å²) >= 11 is 0. The number of amides is 1. The predicted octanol–water partition coefficient (Wildman–Crippen LogP) is 2.15. The zero-order valence-corrected chi connectivity index (χ0v) is 14.1. The number of sulfonamides is 1. The minimum atomic E-state index is -3.50. The molecule has 1 aromatic rings. The van der Waals surface area contributed by atoms with Crippen molar-refractivity contribution in [2.45, 2.75) is 49.5 Å². The molecule has 0 aromatic heterocycles. The number of piperidine rings is 1. The number of benzene rings is 1. The van der Waals surface area contributed by atoms with Crippen molar-refractivity contribution in [3.8, 4) is 0 Å². The maximum absolute atomic E-state index is 12.7. The minimum absolute atomic E-state index is 0.0184. The highest BCUT2D eigenvalue weighted by Crippen LogP contribution is 2.25. The molecular weight excluding hydrogens is 312 g/mol. The van der Waals surface area contributed by atoms with E-state index in [-0.39, 0.29) is 24.4 Å². The largest absolute Gasteiger partial charge is 0.353 e. The standard InChI is InChI=1S/C17H24N2O3S/c20-17(18-15-8-4-5-9-15)14-7-6-12-19(13-14)23(21,22)16-10-2-1-3-11-16/h1-3,10-11,14-15H,4-9,12-13H2,(H,18,20). The van der Waals surface area contributed by atoms with Crippen LogP contribution in [0.5, 0.6) is 0 Å². The molecule has 1 saturated heterocycles. The van der Waals surface area contributed by atoms with Gasteiger partial charge in [-0.15, -0.1) is 0 Å². The molecule has 1 unspecified atom stereocenters. The highest BCUT2D eigenvalue weighted by atomic mass is 32.2. The third kappa shape index (κ3) is 3.75.